The second-order valence-electron chi connectivity index (χ2n) is 14.2. The summed E-state index contributed by atoms with van der Waals surface area (Å²) in [5.74, 6) is -0.407. The fraction of sp³-hybridized carbons (Fsp3) is 0.875. The molecule has 0 spiro atoms. The number of rotatable bonds is 35. The first-order chi connectivity index (χ1) is 25.6. The largest absolute Gasteiger partial charge is 0.457 e. The van der Waals surface area contributed by atoms with Crippen molar-refractivity contribution in [1.82, 2.24) is 0 Å². The Bertz CT molecular complexity index is 1040. The van der Waals surface area contributed by atoms with Crippen LogP contribution in [0.2, 0.25) is 0 Å². The molecule has 6 atom stereocenters. The molecule has 0 saturated carbocycles. The molecule has 1 rings (SSSR count). The van der Waals surface area contributed by atoms with Gasteiger partial charge in [-0.25, -0.2) is 4.18 Å². The third-order valence-corrected chi connectivity index (χ3v) is 9.79. The zero-order valence-corrected chi connectivity index (χ0v) is 33.6. The van der Waals surface area contributed by atoms with Crippen molar-refractivity contribution in [2.75, 3.05) is 26.4 Å². The number of carbonyl (C=O) groups excluding carboxylic acids is 1. The fourth-order valence-corrected chi connectivity index (χ4v) is 6.68. The molecule has 0 aromatic heterocycles. The molecule has 1 saturated heterocycles. The van der Waals surface area contributed by atoms with Gasteiger partial charge in [0.1, 0.15) is 30.5 Å². The molecule has 0 radical (unpaired) electrons. The normalized spacial score (nSPS) is 21.5. The van der Waals surface area contributed by atoms with Crippen LogP contribution in [0.25, 0.3) is 0 Å². The van der Waals surface area contributed by atoms with Crippen molar-refractivity contribution in [3.8, 4) is 0 Å². The Morgan fingerprint density at radius 3 is 1.83 bits per heavy atom. The SMILES string of the molecule is CCCCC/C=C\C/C=C\CCCCCCCCCCOCC(COC1OC(CO)C(O)C(OS(=O)(=O)O)C1O)OC(=O)CCCCCCCCCC. The van der Waals surface area contributed by atoms with E-state index < -0.39 is 59.8 Å². The van der Waals surface area contributed by atoms with Crippen molar-refractivity contribution in [3.05, 3.63) is 24.3 Å². The highest BCUT2D eigenvalue weighted by Crippen LogP contribution is 2.26. The van der Waals surface area contributed by atoms with Gasteiger partial charge in [-0.15, -0.1) is 0 Å². The molecule has 0 aliphatic carbocycles. The van der Waals surface area contributed by atoms with Crippen molar-refractivity contribution < 1.29 is 56.2 Å². The van der Waals surface area contributed by atoms with Gasteiger partial charge in [0.05, 0.1) is 19.8 Å². The molecule has 6 unspecified atom stereocenters. The average Bonchev–Trinajstić information content (AvgIpc) is 3.12. The van der Waals surface area contributed by atoms with Crippen LogP contribution in [0.5, 0.6) is 0 Å². The maximum atomic E-state index is 12.7. The lowest BCUT2D eigenvalue weighted by molar-refractivity contribution is -0.301. The number of aliphatic hydroxyl groups excluding tert-OH is 3. The molecule has 12 nitrogen and oxygen atoms in total. The summed E-state index contributed by atoms with van der Waals surface area (Å²) >= 11 is 0. The summed E-state index contributed by atoms with van der Waals surface area (Å²) in [6, 6.07) is 0. The Hall–Kier alpha value is -1.42. The van der Waals surface area contributed by atoms with Gasteiger partial charge in [-0.3, -0.25) is 9.35 Å². The van der Waals surface area contributed by atoms with Gasteiger partial charge in [0.15, 0.2) is 6.29 Å². The summed E-state index contributed by atoms with van der Waals surface area (Å²) in [5, 5.41) is 30.5. The summed E-state index contributed by atoms with van der Waals surface area (Å²) < 4.78 is 58.8. The van der Waals surface area contributed by atoms with Crippen LogP contribution in [-0.4, -0.2) is 97.5 Å². The molecule has 4 N–H and O–H groups in total. The number of esters is 1. The molecule has 0 bridgehead atoms. The van der Waals surface area contributed by atoms with Crippen LogP contribution in [0.4, 0.5) is 0 Å². The Morgan fingerprint density at radius 1 is 0.717 bits per heavy atom. The van der Waals surface area contributed by atoms with E-state index in [-0.39, 0.29) is 19.6 Å². The molecule has 1 aliphatic heterocycles. The minimum Gasteiger partial charge on any atom is -0.457 e. The predicted molar refractivity (Wildman–Crippen MR) is 207 cm³/mol. The fourth-order valence-electron chi connectivity index (χ4n) is 6.17. The van der Waals surface area contributed by atoms with E-state index in [0.717, 1.165) is 51.4 Å². The molecule has 312 valence electrons. The number of hydrogen-bond acceptors (Lipinski definition) is 11. The molecule has 53 heavy (non-hydrogen) atoms. The quantitative estimate of drug-likeness (QED) is 0.0214. The zero-order valence-electron chi connectivity index (χ0n) is 32.8. The molecule has 1 aliphatic rings. The van der Waals surface area contributed by atoms with E-state index in [0.29, 0.717) is 13.0 Å². The number of aliphatic hydroxyl groups is 3. The summed E-state index contributed by atoms with van der Waals surface area (Å²) in [7, 11) is -5.05. The summed E-state index contributed by atoms with van der Waals surface area (Å²) in [5.41, 5.74) is 0. The summed E-state index contributed by atoms with van der Waals surface area (Å²) in [4.78, 5) is 12.7. The molecule has 0 aromatic rings. The first-order valence-electron chi connectivity index (χ1n) is 20.6. The lowest BCUT2D eigenvalue weighted by Crippen LogP contribution is -2.60. The van der Waals surface area contributed by atoms with E-state index in [1.165, 1.54) is 83.5 Å². The Balaban J connectivity index is 2.42. The van der Waals surface area contributed by atoms with Crippen molar-refractivity contribution in [2.24, 2.45) is 0 Å². The Morgan fingerprint density at radius 2 is 1.25 bits per heavy atom. The number of hydrogen-bond donors (Lipinski definition) is 4. The van der Waals surface area contributed by atoms with Crippen LogP contribution < -0.4 is 0 Å². The van der Waals surface area contributed by atoms with E-state index in [4.69, 9.17) is 23.5 Å². The number of carbonyl (C=O) groups is 1. The highest BCUT2D eigenvalue weighted by molar-refractivity contribution is 7.80. The molecule has 13 heteroatoms. The molecule has 1 fully saturated rings. The van der Waals surface area contributed by atoms with Gasteiger partial charge in [0.2, 0.25) is 0 Å². The van der Waals surface area contributed by atoms with E-state index in [1.807, 2.05) is 0 Å². The van der Waals surface area contributed by atoms with Crippen molar-refractivity contribution >= 4 is 16.4 Å². The van der Waals surface area contributed by atoms with E-state index in [2.05, 4.69) is 42.3 Å². The zero-order chi connectivity index (χ0) is 39.0. The molecular weight excluding hydrogens is 704 g/mol. The van der Waals surface area contributed by atoms with Crippen LogP contribution in [0, 0.1) is 0 Å². The standard InChI is InChI=1S/C40H74O12S/c1-3-5-7-9-11-13-14-15-16-17-18-19-20-21-22-24-26-28-30-48-32-34(50-36(42)29-27-25-23-12-10-8-6-4-2)33-49-40-38(44)39(52-53(45,46)47)37(43)35(31-41)51-40/h11,13,15-16,34-35,37-41,43-44H,3-10,12,14,17-33H2,1-2H3,(H,45,46,47)/b13-11-,16-15-. The van der Waals surface area contributed by atoms with Gasteiger partial charge in [0, 0.05) is 13.0 Å². The van der Waals surface area contributed by atoms with Crippen molar-refractivity contribution in [1.29, 1.82) is 0 Å². The van der Waals surface area contributed by atoms with Crippen LogP contribution >= 0.6 is 0 Å². The number of allylic oxidation sites excluding steroid dienone is 4. The van der Waals surface area contributed by atoms with Crippen LogP contribution in [0.15, 0.2) is 24.3 Å². The second-order valence-corrected chi connectivity index (χ2v) is 15.3. The lowest BCUT2D eigenvalue weighted by atomic mass is 9.99. The van der Waals surface area contributed by atoms with Gasteiger partial charge >= 0.3 is 16.4 Å². The summed E-state index contributed by atoms with van der Waals surface area (Å²) in [6.07, 6.45) is 25.2. The third kappa shape index (κ3) is 26.9. The first kappa shape index (κ1) is 49.6. The van der Waals surface area contributed by atoms with Gasteiger partial charge in [-0.05, 0) is 44.9 Å². The molecule has 1 heterocycles. The first-order valence-corrected chi connectivity index (χ1v) is 22.0. The van der Waals surface area contributed by atoms with Gasteiger partial charge < -0.3 is 34.3 Å². The summed E-state index contributed by atoms with van der Waals surface area (Å²) in [6.45, 7) is 3.90. The Kier molecular flexibility index (Phi) is 30.7. The van der Waals surface area contributed by atoms with Crippen LogP contribution in [0.3, 0.4) is 0 Å². The second kappa shape index (κ2) is 32.8. The molecular formula is C40H74O12S. The van der Waals surface area contributed by atoms with Gasteiger partial charge in [0.25, 0.3) is 0 Å². The minimum absolute atomic E-state index is 0.0344. The average molecular weight is 779 g/mol. The smallest absolute Gasteiger partial charge is 0.397 e. The predicted octanol–water partition coefficient (Wildman–Crippen LogP) is 7.68. The van der Waals surface area contributed by atoms with E-state index in [1.54, 1.807) is 0 Å². The van der Waals surface area contributed by atoms with Crippen LogP contribution in [-0.2, 0) is 38.3 Å². The van der Waals surface area contributed by atoms with Crippen molar-refractivity contribution in [3.63, 3.8) is 0 Å². The van der Waals surface area contributed by atoms with E-state index in [9.17, 15) is 28.5 Å². The number of ether oxygens (including phenoxy) is 4. The lowest BCUT2D eigenvalue weighted by Gasteiger charge is -2.41. The molecule has 0 amide bonds. The maximum Gasteiger partial charge on any atom is 0.397 e. The Labute approximate surface area is 321 Å². The van der Waals surface area contributed by atoms with Gasteiger partial charge in [-0.2, -0.15) is 8.42 Å². The van der Waals surface area contributed by atoms with Crippen LogP contribution in [0.1, 0.15) is 162 Å². The molecule has 0 aromatic carbocycles. The maximum absolute atomic E-state index is 12.7. The topological polar surface area (TPSA) is 178 Å². The number of unbranched alkanes of at least 4 members (excludes halogenated alkanes) is 18. The monoisotopic (exact) mass is 778 g/mol. The third-order valence-electron chi connectivity index (χ3n) is 9.33. The highest BCUT2D eigenvalue weighted by Gasteiger charge is 2.48. The minimum atomic E-state index is -5.05. The van der Waals surface area contributed by atoms with Gasteiger partial charge in [-0.1, -0.05) is 134 Å². The van der Waals surface area contributed by atoms with Crippen molar-refractivity contribution in [2.45, 2.75) is 198 Å². The van der Waals surface area contributed by atoms with E-state index >= 15 is 0 Å². The highest BCUT2D eigenvalue weighted by atomic mass is 32.3.